The minimum Gasteiger partial charge on any atom is -0.481 e. The summed E-state index contributed by atoms with van der Waals surface area (Å²) in [5.74, 6) is -1.25. The number of carboxylic acid groups (broad SMARTS) is 1. The molecule has 0 radical (unpaired) electrons. The number of nitro groups is 1. The Kier molecular flexibility index (Phi) is 6.49. The monoisotopic (exact) mass is 323 g/mol. The summed E-state index contributed by atoms with van der Waals surface area (Å²) in [5.41, 5.74) is 0.261. The molecule has 23 heavy (non-hydrogen) atoms. The third-order valence-electron chi connectivity index (χ3n) is 3.37. The van der Waals surface area contributed by atoms with Crippen molar-refractivity contribution in [3.63, 3.8) is 0 Å². The van der Waals surface area contributed by atoms with Gasteiger partial charge in [-0.3, -0.25) is 19.7 Å². The first-order valence-electron chi connectivity index (χ1n) is 7.19. The lowest BCUT2D eigenvalue weighted by molar-refractivity contribution is -0.384. The molecule has 0 saturated heterocycles. The van der Waals surface area contributed by atoms with E-state index in [0.717, 1.165) is 0 Å². The highest BCUT2D eigenvalue weighted by Crippen LogP contribution is 2.26. The summed E-state index contributed by atoms with van der Waals surface area (Å²) in [5, 5.41) is 19.8. The number of benzene rings is 1. The fourth-order valence-electron chi connectivity index (χ4n) is 2.21. The molecule has 0 aliphatic carbocycles. The van der Waals surface area contributed by atoms with Crippen molar-refractivity contribution in [1.82, 2.24) is 4.90 Å². The van der Waals surface area contributed by atoms with Crippen LogP contribution in [0.1, 0.15) is 20.3 Å². The van der Waals surface area contributed by atoms with Gasteiger partial charge in [-0.05, 0) is 19.9 Å². The van der Waals surface area contributed by atoms with E-state index >= 15 is 0 Å². The second kappa shape index (κ2) is 8.11. The maximum absolute atomic E-state index is 12.4. The molecular weight excluding hydrogens is 302 g/mol. The molecule has 1 N–H and O–H groups in total. The molecule has 8 heteroatoms. The van der Waals surface area contributed by atoms with E-state index in [1.54, 1.807) is 39.1 Å². The molecule has 0 aliphatic heterocycles. The van der Waals surface area contributed by atoms with Gasteiger partial charge in [0.2, 0.25) is 5.91 Å². The van der Waals surface area contributed by atoms with E-state index in [4.69, 9.17) is 5.11 Å². The van der Waals surface area contributed by atoms with Gasteiger partial charge in [0.1, 0.15) is 5.69 Å². The second-order valence-electron chi connectivity index (χ2n) is 5.43. The molecule has 0 spiro atoms. The van der Waals surface area contributed by atoms with Gasteiger partial charge in [0.15, 0.2) is 0 Å². The van der Waals surface area contributed by atoms with Crippen LogP contribution in [0.4, 0.5) is 11.4 Å². The zero-order valence-electron chi connectivity index (χ0n) is 13.4. The molecule has 0 bridgehead atoms. The maximum atomic E-state index is 12.4. The summed E-state index contributed by atoms with van der Waals surface area (Å²) in [7, 11) is 1.59. The number of amides is 1. The number of carbonyl (C=O) groups is 2. The summed E-state index contributed by atoms with van der Waals surface area (Å²) in [6.45, 7) is 3.63. The van der Waals surface area contributed by atoms with E-state index in [1.807, 2.05) is 0 Å². The zero-order chi connectivity index (χ0) is 17.6. The molecule has 0 heterocycles. The van der Waals surface area contributed by atoms with Crippen LogP contribution in [0.2, 0.25) is 0 Å². The molecule has 0 aliphatic rings. The lowest BCUT2D eigenvalue weighted by Gasteiger charge is -2.29. The molecule has 1 aromatic rings. The Labute approximate surface area is 134 Å². The van der Waals surface area contributed by atoms with Crippen molar-refractivity contribution in [3.8, 4) is 0 Å². The molecule has 0 aromatic heterocycles. The summed E-state index contributed by atoms with van der Waals surface area (Å²) < 4.78 is 0. The number of para-hydroxylation sites is 2. The second-order valence-corrected chi connectivity index (χ2v) is 5.43. The van der Waals surface area contributed by atoms with Crippen molar-refractivity contribution in [2.45, 2.75) is 26.3 Å². The summed E-state index contributed by atoms with van der Waals surface area (Å²) >= 11 is 0. The Morgan fingerprint density at radius 1 is 1.30 bits per heavy atom. The van der Waals surface area contributed by atoms with Crippen molar-refractivity contribution in [2.75, 3.05) is 25.0 Å². The first-order valence-corrected chi connectivity index (χ1v) is 7.19. The average molecular weight is 323 g/mol. The molecule has 0 fully saturated rings. The van der Waals surface area contributed by atoms with Crippen molar-refractivity contribution >= 4 is 23.3 Å². The van der Waals surface area contributed by atoms with Crippen LogP contribution in [-0.4, -0.2) is 53.0 Å². The minimum atomic E-state index is -0.976. The fourth-order valence-corrected chi connectivity index (χ4v) is 2.21. The van der Waals surface area contributed by atoms with Crippen LogP contribution in [0.25, 0.3) is 0 Å². The normalized spacial score (nSPS) is 10.4. The third-order valence-corrected chi connectivity index (χ3v) is 3.37. The number of carboxylic acids is 1. The number of anilines is 1. The van der Waals surface area contributed by atoms with Gasteiger partial charge in [-0.2, -0.15) is 0 Å². The molecule has 1 rings (SSSR count). The number of hydrogen-bond acceptors (Lipinski definition) is 5. The Hall–Kier alpha value is -2.64. The number of rotatable bonds is 8. The van der Waals surface area contributed by atoms with Gasteiger partial charge in [-0.1, -0.05) is 12.1 Å². The SMILES string of the molecule is CC(C)N(CCC(=O)O)C(=O)CN(C)c1ccccc1[N+](=O)[O-]. The molecule has 0 unspecified atom stereocenters. The van der Waals surface area contributed by atoms with E-state index in [9.17, 15) is 19.7 Å². The molecule has 0 atom stereocenters. The van der Waals surface area contributed by atoms with Gasteiger partial charge >= 0.3 is 5.97 Å². The third kappa shape index (κ3) is 5.24. The number of aliphatic carboxylic acids is 1. The van der Waals surface area contributed by atoms with E-state index in [-0.39, 0.29) is 37.1 Å². The average Bonchev–Trinajstić information content (AvgIpc) is 2.46. The molecule has 126 valence electrons. The van der Waals surface area contributed by atoms with Crippen LogP contribution in [0.5, 0.6) is 0 Å². The zero-order valence-corrected chi connectivity index (χ0v) is 13.4. The Balaban J connectivity index is 2.86. The Morgan fingerprint density at radius 2 is 1.91 bits per heavy atom. The summed E-state index contributed by atoms with van der Waals surface area (Å²) in [6.07, 6.45) is -0.140. The van der Waals surface area contributed by atoms with E-state index in [2.05, 4.69) is 0 Å². The lowest BCUT2D eigenvalue weighted by Crippen LogP contribution is -2.44. The van der Waals surface area contributed by atoms with Crippen molar-refractivity contribution < 1.29 is 19.6 Å². The van der Waals surface area contributed by atoms with Crippen molar-refractivity contribution in [2.24, 2.45) is 0 Å². The predicted octanol–water partition coefficient (Wildman–Crippen LogP) is 1.74. The van der Waals surface area contributed by atoms with Crippen molar-refractivity contribution in [1.29, 1.82) is 0 Å². The van der Waals surface area contributed by atoms with Crippen LogP contribution in [-0.2, 0) is 9.59 Å². The Bertz CT molecular complexity index is 588. The lowest BCUT2D eigenvalue weighted by atomic mass is 10.2. The first kappa shape index (κ1) is 18.4. The molecular formula is C15H21N3O5. The minimum absolute atomic E-state index is 0.0668. The number of nitro benzene ring substituents is 1. The van der Waals surface area contributed by atoms with Crippen LogP contribution < -0.4 is 4.90 Å². The quantitative estimate of drug-likeness (QED) is 0.577. The van der Waals surface area contributed by atoms with Gasteiger partial charge in [0.05, 0.1) is 17.9 Å². The maximum Gasteiger partial charge on any atom is 0.305 e. The molecule has 1 amide bonds. The van der Waals surface area contributed by atoms with Crippen LogP contribution >= 0.6 is 0 Å². The van der Waals surface area contributed by atoms with Gasteiger partial charge in [0.25, 0.3) is 5.69 Å². The summed E-state index contributed by atoms with van der Waals surface area (Å²) in [6, 6.07) is 6.02. The number of hydrogen-bond donors (Lipinski definition) is 1. The van der Waals surface area contributed by atoms with Crippen LogP contribution in [0, 0.1) is 10.1 Å². The van der Waals surface area contributed by atoms with E-state index < -0.39 is 10.9 Å². The topological polar surface area (TPSA) is 104 Å². The molecule has 8 nitrogen and oxygen atoms in total. The number of likely N-dealkylation sites (N-methyl/N-ethyl adjacent to an activating group) is 1. The molecule has 0 saturated carbocycles. The van der Waals surface area contributed by atoms with E-state index in [0.29, 0.717) is 5.69 Å². The van der Waals surface area contributed by atoms with Gasteiger partial charge in [0, 0.05) is 25.7 Å². The smallest absolute Gasteiger partial charge is 0.305 e. The molecule has 1 aromatic carbocycles. The van der Waals surface area contributed by atoms with E-state index in [1.165, 1.54) is 15.9 Å². The van der Waals surface area contributed by atoms with Crippen molar-refractivity contribution in [3.05, 3.63) is 34.4 Å². The Morgan fingerprint density at radius 3 is 2.43 bits per heavy atom. The van der Waals surface area contributed by atoms with Crippen LogP contribution in [0.15, 0.2) is 24.3 Å². The highest BCUT2D eigenvalue weighted by molar-refractivity contribution is 5.83. The van der Waals surface area contributed by atoms with Gasteiger partial charge < -0.3 is 14.9 Å². The first-order chi connectivity index (χ1) is 10.7. The summed E-state index contributed by atoms with van der Waals surface area (Å²) in [4.78, 5) is 36.6. The van der Waals surface area contributed by atoms with Crippen LogP contribution in [0.3, 0.4) is 0 Å². The number of nitrogens with zero attached hydrogens (tertiary/aromatic N) is 3. The fraction of sp³-hybridized carbons (Fsp3) is 0.467. The van der Waals surface area contributed by atoms with Gasteiger partial charge in [-0.25, -0.2) is 0 Å². The standard InChI is InChI=1S/C15H21N3O5/c1-11(2)17(9-8-15(20)21)14(19)10-16(3)12-6-4-5-7-13(12)18(22)23/h4-7,11H,8-10H2,1-3H3,(H,20,21). The highest BCUT2D eigenvalue weighted by Gasteiger charge is 2.22. The predicted molar refractivity (Wildman–Crippen MR) is 85.5 cm³/mol. The highest BCUT2D eigenvalue weighted by atomic mass is 16.6. The van der Waals surface area contributed by atoms with Gasteiger partial charge in [-0.15, -0.1) is 0 Å². The largest absolute Gasteiger partial charge is 0.481 e. The number of carbonyl (C=O) groups excluding carboxylic acids is 1.